The molecule has 1 fully saturated rings. The quantitative estimate of drug-likeness (QED) is 0.806. The number of hydrogen-bond donors (Lipinski definition) is 1. The third kappa shape index (κ3) is 3.39. The summed E-state index contributed by atoms with van der Waals surface area (Å²) in [5, 5.41) is 0. The molecule has 0 aromatic heterocycles. The average Bonchev–Trinajstić information content (AvgIpc) is 2.34. The van der Waals surface area contributed by atoms with Gasteiger partial charge in [0, 0.05) is 24.7 Å². The lowest BCUT2D eigenvalue weighted by Gasteiger charge is -2.30. The first-order valence-electron chi connectivity index (χ1n) is 5.68. The second-order valence-corrected chi connectivity index (χ2v) is 4.41. The van der Waals surface area contributed by atoms with E-state index in [0.717, 1.165) is 12.8 Å². The fraction of sp³-hybridized carbons (Fsp3) is 0.417. The highest BCUT2D eigenvalue weighted by Crippen LogP contribution is 2.17. The first-order chi connectivity index (χ1) is 8.49. The molecule has 1 aliphatic rings. The van der Waals surface area contributed by atoms with Crippen LogP contribution in [0.25, 0.3) is 0 Å². The molecule has 1 aromatic carbocycles. The molecule has 106 valence electrons. The van der Waals surface area contributed by atoms with Crippen molar-refractivity contribution in [2.45, 2.75) is 18.9 Å². The second kappa shape index (κ2) is 6.25. The largest absolute Gasteiger partial charge is 0.337 e. The van der Waals surface area contributed by atoms with Crippen molar-refractivity contribution in [3.05, 3.63) is 35.1 Å². The topological polar surface area (TPSA) is 46.3 Å². The summed E-state index contributed by atoms with van der Waals surface area (Å²) in [4.78, 5) is 13.4. The van der Waals surface area contributed by atoms with Gasteiger partial charge in [-0.1, -0.05) is 0 Å². The van der Waals surface area contributed by atoms with E-state index in [0.29, 0.717) is 25.2 Å². The number of benzene rings is 1. The molecule has 0 radical (unpaired) electrons. The molecule has 0 saturated carbocycles. The van der Waals surface area contributed by atoms with Gasteiger partial charge >= 0.3 is 0 Å². The van der Waals surface area contributed by atoms with Gasteiger partial charge in [-0.25, -0.2) is 13.2 Å². The van der Waals surface area contributed by atoms with E-state index >= 15 is 0 Å². The van der Waals surface area contributed by atoms with Crippen LogP contribution in [-0.4, -0.2) is 29.9 Å². The molecule has 1 aromatic rings. The monoisotopic (exact) mass is 294 g/mol. The van der Waals surface area contributed by atoms with Gasteiger partial charge in [-0.05, 0) is 25.0 Å². The molecule has 0 spiro atoms. The molecule has 3 nitrogen and oxygen atoms in total. The van der Waals surface area contributed by atoms with E-state index in [-0.39, 0.29) is 24.0 Å². The molecule has 0 unspecified atom stereocenters. The van der Waals surface area contributed by atoms with E-state index in [2.05, 4.69) is 0 Å². The van der Waals surface area contributed by atoms with Crippen LogP contribution in [-0.2, 0) is 0 Å². The van der Waals surface area contributed by atoms with E-state index in [1.165, 1.54) is 4.90 Å². The van der Waals surface area contributed by atoms with Crippen molar-refractivity contribution in [1.29, 1.82) is 0 Å². The van der Waals surface area contributed by atoms with Gasteiger partial charge in [0.1, 0.15) is 0 Å². The van der Waals surface area contributed by atoms with Crippen molar-refractivity contribution in [3.8, 4) is 0 Å². The maximum Gasteiger partial charge on any atom is 0.254 e. The summed E-state index contributed by atoms with van der Waals surface area (Å²) in [7, 11) is 0. The normalized spacial score (nSPS) is 18.9. The Kier molecular flexibility index (Phi) is 5.20. The molecular weight excluding hydrogens is 281 g/mol. The number of hydrogen-bond acceptors (Lipinski definition) is 2. The van der Waals surface area contributed by atoms with Crippen molar-refractivity contribution >= 4 is 18.3 Å². The van der Waals surface area contributed by atoms with E-state index in [4.69, 9.17) is 5.73 Å². The van der Waals surface area contributed by atoms with Crippen molar-refractivity contribution in [2.24, 2.45) is 5.73 Å². The van der Waals surface area contributed by atoms with Crippen molar-refractivity contribution in [3.63, 3.8) is 0 Å². The van der Waals surface area contributed by atoms with E-state index in [9.17, 15) is 18.0 Å². The number of carbonyl (C=O) groups excluding carboxylic acids is 1. The number of carbonyl (C=O) groups is 1. The predicted molar refractivity (Wildman–Crippen MR) is 66.7 cm³/mol. The first-order valence-corrected chi connectivity index (χ1v) is 5.68. The third-order valence-electron chi connectivity index (χ3n) is 2.98. The van der Waals surface area contributed by atoms with E-state index in [1.807, 2.05) is 0 Å². The maximum absolute atomic E-state index is 13.0. The van der Waals surface area contributed by atoms with Gasteiger partial charge in [0.05, 0.1) is 0 Å². The van der Waals surface area contributed by atoms with Crippen molar-refractivity contribution in [1.82, 2.24) is 4.90 Å². The van der Waals surface area contributed by atoms with Crippen LogP contribution in [0.15, 0.2) is 12.1 Å². The second-order valence-electron chi connectivity index (χ2n) is 4.41. The molecule has 1 aliphatic heterocycles. The number of amides is 1. The molecule has 19 heavy (non-hydrogen) atoms. The lowest BCUT2D eigenvalue weighted by molar-refractivity contribution is 0.0707. The number of halogens is 4. The Morgan fingerprint density at radius 3 is 2.37 bits per heavy atom. The fourth-order valence-electron chi connectivity index (χ4n) is 2.06. The molecule has 1 amide bonds. The third-order valence-corrected chi connectivity index (χ3v) is 2.98. The van der Waals surface area contributed by atoms with Crippen LogP contribution in [0.4, 0.5) is 13.2 Å². The van der Waals surface area contributed by atoms with Gasteiger partial charge in [-0.15, -0.1) is 12.4 Å². The number of nitrogens with zero attached hydrogens (tertiary/aromatic N) is 1. The van der Waals surface area contributed by atoms with Crippen LogP contribution in [0.1, 0.15) is 23.2 Å². The summed E-state index contributed by atoms with van der Waals surface area (Å²) in [5.74, 6) is -4.82. The highest BCUT2D eigenvalue weighted by Gasteiger charge is 2.24. The van der Waals surface area contributed by atoms with E-state index in [1.54, 1.807) is 0 Å². The minimum atomic E-state index is -1.57. The summed E-state index contributed by atoms with van der Waals surface area (Å²) < 4.78 is 38.9. The van der Waals surface area contributed by atoms with Crippen molar-refractivity contribution < 1.29 is 18.0 Å². The molecular formula is C12H14ClF3N2O. The Morgan fingerprint density at radius 1 is 1.26 bits per heavy atom. The first kappa shape index (κ1) is 15.8. The molecule has 0 aliphatic carbocycles. The molecule has 1 heterocycles. The zero-order chi connectivity index (χ0) is 13.3. The van der Waals surface area contributed by atoms with Gasteiger partial charge in [-0.2, -0.15) is 0 Å². The summed E-state index contributed by atoms with van der Waals surface area (Å²) in [6, 6.07) is 1.29. The minimum Gasteiger partial charge on any atom is -0.337 e. The molecule has 2 N–H and O–H groups in total. The number of nitrogens with two attached hydrogens (primary N) is 1. The summed E-state index contributed by atoms with van der Waals surface area (Å²) in [5.41, 5.74) is 5.53. The van der Waals surface area contributed by atoms with Gasteiger partial charge in [-0.3, -0.25) is 4.79 Å². The highest BCUT2D eigenvalue weighted by atomic mass is 35.5. The minimum absolute atomic E-state index is 0. The van der Waals surface area contributed by atoms with Crippen LogP contribution < -0.4 is 5.73 Å². The summed E-state index contributed by atoms with van der Waals surface area (Å²) >= 11 is 0. The molecule has 7 heteroatoms. The Bertz CT molecular complexity index is 461. The lowest BCUT2D eigenvalue weighted by atomic mass is 10.1. The van der Waals surface area contributed by atoms with Crippen LogP contribution >= 0.6 is 12.4 Å². The number of piperidine rings is 1. The zero-order valence-electron chi connectivity index (χ0n) is 10.0. The predicted octanol–water partition coefficient (Wildman–Crippen LogP) is 2.09. The summed E-state index contributed by atoms with van der Waals surface area (Å²) in [6.45, 7) is 0.840. The fourth-order valence-corrected chi connectivity index (χ4v) is 2.06. The maximum atomic E-state index is 13.0. The SMILES string of the molecule is Cl.N[C@@H]1CCCN(C(=O)c2cc(F)c(F)c(F)c2)C1. The van der Waals surface area contributed by atoms with Gasteiger partial charge in [0.25, 0.3) is 5.91 Å². The standard InChI is InChI=1S/C12H13F3N2O.ClH/c13-9-4-7(5-10(14)11(9)15)12(18)17-3-1-2-8(16)6-17;/h4-5,8H,1-3,6,16H2;1H/t8-;/m1./s1. The Labute approximate surface area is 115 Å². The average molecular weight is 295 g/mol. The number of likely N-dealkylation sites (tertiary alicyclic amines) is 1. The molecule has 1 atom stereocenters. The highest BCUT2D eigenvalue weighted by molar-refractivity contribution is 5.94. The summed E-state index contributed by atoms with van der Waals surface area (Å²) in [6.07, 6.45) is 1.56. The van der Waals surface area contributed by atoms with Gasteiger partial charge in [0.15, 0.2) is 17.5 Å². The van der Waals surface area contributed by atoms with Crippen LogP contribution in [0.5, 0.6) is 0 Å². The Hall–Kier alpha value is -1.27. The smallest absolute Gasteiger partial charge is 0.254 e. The van der Waals surface area contributed by atoms with Gasteiger partial charge in [0.2, 0.25) is 0 Å². The Balaban J connectivity index is 0.00000180. The molecule has 2 rings (SSSR count). The number of rotatable bonds is 1. The van der Waals surface area contributed by atoms with Crippen LogP contribution in [0.2, 0.25) is 0 Å². The van der Waals surface area contributed by atoms with Crippen LogP contribution in [0, 0.1) is 17.5 Å². The molecule has 0 bridgehead atoms. The lowest BCUT2D eigenvalue weighted by Crippen LogP contribution is -2.45. The van der Waals surface area contributed by atoms with Gasteiger partial charge < -0.3 is 10.6 Å². The Morgan fingerprint density at radius 2 is 1.84 bits per heavy atom. The molecule has 1 saturated heterocycles. The van der Waals surface area contributed by atoms with E-state index < -0.39 is 23.4 Å². The van der Waals surface area contributed by atoms with Crippen LogP contribution in [0.3, 0.4) is 0 Å². The van der Waals surface area contributed by atoms with Crippen molar-refractivity contribution in [2.75, 3.05) is 13.1 Å². The zero-order valence-corrected chi connectivity index (χ0v) is 10.9.